The van der Waals surface area contributed by atoms with Gasteiger partial charge >= 0.3 is 0 Å². The molecule has 2 amide bonds. The molecule has 12 heteroatoms. The summed E-state index contributed by atoms with van der Waals surface area (Å²) in [6.45, 7) is 1.20. The zero-order valence-electron chi connectivity index (χ0n) is 20.2. The number of hydrogen-bond donors (Lipinski definition) is 1. The van der Waals surface area contributed by atoms with Crippen molar-refractivity contribution < 1.29 is 22.8 Å². The molecule has 0 unspecified atom stereocenters. The largest absolute Gasteiger partial charge is 0.318 e. The van der Waals surface area contributed by atoms with Crippen LogP contribution in [-0.4, -0.2) is 38.1 Å². The van der Waals surface area contributed by atoms with Gasteiger partial charge in [-0.05, 0) is 36.1 Å². The highest BCUT2D eigenvalue weighted by atomic mass is 35.5. The number of anilines is 2. The summed E-state index contributed by atoms with van der Waals surface area (Å²) in [6.07, 6.45) is 3.31. The van der Waals surface area contributed by atoms with Crippen LogP contribution in [0, 0.1) is 17.7 Å². The Morgan fingerprint density at radius 3 is 2.64 bits per heavy atom. The summed E-state index contributed by atoms with van der Waals surface area (Å²) < 4.78 is 43.2. The second-order valence-electron chi connectivity index (χ2n) is 9.51. The number of fused-ring (bicyclic) bond motifs is 1. The molecule has 2 aromatic carbocycles. The number of halogens is 4. The van der Waals surface area contributed by atoms with Crippen LogP contribution in [0.4, 0.5) is 24.5 Å². The Labute approximate surface area is 225 Å². The zero-order chi connectivity index (χ0) is 27.3. The van der Waals surface area contributed by atoms with Gasteiger partial charge < -0.3 is 10.2 Å². The van der Waals surface area contributed by atoms with Crippen LogP contribution in [0.5, 0.6) is 0 Å². The van der Waals surface area contributed by atoms with E-state index in [-0.39, 0.29) is 28.2 Å². The van der Waals surface area contributed by atoms with Crippen molar-refractivity contribution in [3.8, 4) is 11.3 Å². The fraction of sp³-hybridized carbons (Fsp3) is 0.222. The van der Waals surface area contributed by atoms with Crippen LogP contribution in [0.3, 0.4) is 0 Å². The highest BCUT2D eigenvalue weighted by molar-refractivity contribution is 6.31. The van der Waals surface area contributed by atoms with Crippen molar-refractivity contribution in [1.29, 1.82) is 0 Å². The summed E-state index contributed by atoms with van der Waals surface area (Å²) in [5.74, 6) is -0.857. The van der Waals surface area contributed by atoms with Gasteiger partial charge in [-0.15, -0.1) is 0 Å². The Hall–Kier alpha value is -4.25. The SMILES string of the molecule is O=C(Nc1cnn(Cc2ccc(N3C[C@H]4C[C@H]4C3=O)cc2)c1)c1cncc(-c2c(C(F)F)ccc(Cl)c2F)n1. The lowest BCUT2D eigenvalue weighted by Crippen LogP contribution is -2.27. The zero-order valence-corrected chi connectivity index (χ0v) is 20.9. The number of rotatable bonds is 7. The third-order valence-electron chi connectivity index (χ3n) is 6.89. The van der Waals surface area contributed by atoms with Crippen LogP contribution >= 0.6 is 11.6 Å². The topological polar surface area (TPSA) is 93.0 Å². The summed E-state index contributed by atoms with van der Waals surface area (Å²) in [5, 5.41) is 6.53. The van der Waals surface area contributed by atoms with E-state index in [0.29, 0.717) is 18.2 Å². The molecule has 0 bridgehead atoms. The lowest BCUT2D eigenvalue weighted by Gasteiger charge is -2.18. The van der Waals surface area contributed by atoms with Crippen LogP contribution in [0.2, 0.25) is 5.02 Å². The third-order valence-corrected chi connectivity index (χ3v) is 7.18. The van der Waals surface area contributed by atoms with Crippen molar-refractivity contribution in [2.24, 2.45) is 11.8 Å². The molecule has 2 atom stereocenters. The van der Waals surface area contributed by atoms with Gasteiger partial charge in [-0.25, -0.2) is 18.2 Å². The maximum absolute atomic E-state index is 14.6. The maximum atomic E-state index is 14.6. The van der Waals surface area contributed by atoms with Crippen molar-refractivity contribution in [3.63, 3.8) is 0 Å². The molecule has 6 rings (SSSR count). The lowest BCUT2D eigenvalue weighted by atomic mass is 10.0. The lowest BCUT2D eigenvalue weighted by molar-refractivity contribution is -0.118. The average molecular weight is 553 g/mol. The van der Waals surface area contributed by atoms with Gasteiger partial charge in [0, 0.05) is 35.5 Å². The Balaban J connectivity index is 1.14. The van der Waals surface area contributed by atoms with Crippen molar-refractivity contribution in [2.75, 3.05) is 16.8 Å². The number of carbonyl (C=O) groups excluding carboxylic acids is 2. The summed E-state index contributed by atoms with van der Waals surface area (Å²) in [4.78, 5) is 34.9. The van der Waals surface area contributed by atoms with Crippen molar-refractivity contribution in [3.05, 3.63) is 88.8 Å². The number of benzene rings is 2. The van der Waals surface area contributed by atoms with Crippen molar-refractivity contribution in [2.45, 2.75) is 19.4 Å². The monoisotopic (exact) mass is 552 g/mol. The normalized spacial score (nSPS) is 18.0. The van der Waals surface area contributed by atoms with Crippen LogP contribution in [0.15, 0.2) is 61.2 Å². The number of hydrogen-bond acceptors (Lipinski definition) is 5. The number of nitrogens with zero attached hydrogens (tertiary/aromatic N) is 5. The predicted octanol–water partition coefficient (Wildman–Crippen LogP) is 5.35. The number of carbonyl (C=O) groups is 2. The first kappa shape index (κ1) is 25.1. The van der Waals surface area contributed by atoms with E-state index in [4.69, 9.17) is 11.6 Å². The number of alkyl halides is 2. The van der Waals surface area contributed by atoms with Crippen LogP contribution in [-0.2, 0) is 11.3 Å². The van der Waals surface area contributed by atoms with Gasteiger partial charge in [0.2, 0.25) is 5.91 Å². The number of nitrogens with one attached hydrogen (secondary N) is 1. The van der Waals surface area contributed by atoms with Gasteiger partial charge in [0.1, 0.15) is 5.69 Å². The molecular formula is C27H20ClF3N6O2. The van der Waals surface area contributed by atoms with Gasteiger partial charge in [-0.2, -0.15) is 5.10 Å². The van der Waals surface area contributed by atoms with Gasteiger partial charge in [0.05, 0.1) is 41.5 Å². The maximum Gasteiger partial charge on any atom is 0.275 e. The quantitative estimate of drug-likeness (QED) is 0.333. The molecule has 1 N–H and O–H groups in total. The standard InChI is InChI=1S/C27H20ClF3N6O2/c28-20-6-5-18(25(30)31)23(24(20)29)21-9-32-10-22(35-21)26(38)34-16-8-33-36(13-16)11-14-1-3-17(4-2-14)37-12-15-7-19(15)27(37)39/h1-6,8-10,13,15,19,25H,7,11-12H2,(H,34,38)/t15-,19-/m1/s1. The Morgan fingerprint density at radius 2 is 1.92 bits per heavy atom. The number of amides is 2. The predicted molar refractivity (Wildman–Crippen MR) is 137 cm³/mol. The molecule has 3 heterocycles. The molecule has 1 aliphatic heterocycles. The fourth-order valence-electron chi connectivity index (χ4n) is 4.79. The molecule has 2 aromatic heterocycles. The van der Waals surface area contributed by atoms with E-state index in [0.717, 1.165) is 48.7 Å². The molecule has 8 nitrogen and oxygen atoms in total. The van der Waals surface area contributed by atoms with E-state index in [1.54, 1.807) is 10.9 Å². The summed E-state index contributed by atoms with van der Waals surface area (Å²) >= 11 is 5.79. The number of piperidine rings is 1. The fourth-order valence-corrected chi connectivity index (χ4v) is 4.95. The molecule has 39 heavy (non-hydrogen) atoms. The minimum atomic E-state index is -2.98. The number of aromatic nitrogens is 4. The van der Waals surface area contributed by atoms with Crippen LogP contribution in [0.1, 0.15) is 34.5 Å². The first-order valence-corrected chi connectivity index (χ1v) is 12.5. The van der Waals surface area contributed by atoms with E-state index < -0.39 is 29.3 Å². The molecule has 1 aliphatic carbocycles. The minimum absolute atomic E-state index is 0.197. The first-order valence-electron chi connectivity index (χ1n) is 12.1. The summed E-state index contributed by atoms with van der Waals surface area (Å²) in [7, 11) is 0. The smallest absolute Gasteiger partial charge is 0.275 e. The molecule has 4 aromatic rings. The minimum Gasteiger partial charge on any atom is -0.318 e. The van der Waals surface area contributed by atoms with E-state index in [9.17, 15) is 22.8 Å². The van der Waals surface area contributed by atoms with Gasteiger partial charge in [-0.3, -0.25) is 19.3 Å². The van der Waals surface area contributed by atoms with Crippen molar-refractivity contribution in [1.82, 2.24) is 19.7 Å². The van der Waals surface area contributed by atoms with Gasteiger partial charge in [0.15, 0.2) is 5.82 Å². The van der Waals surface area contributed by atoms with Crippen LogP contribution < -0.4 is 10.2 Å². The molecule has 2 aliphatic rings. The van der Waals surface area contributed by atoms with Gasteiger partial charge in [0.25, 0.3) is 12.3 Å². The second kappa shape index (κ2) is 9.81. The van der Waals surface area contributed by atoms with Crippen LogP contribution in [0.25, 0.3) is 11.3 Å². The summed E-state index contributed by atoms with van der Waals surface area (Å²) in [5.41, 5.74) is 0.632. The molecule has 0 radical (unpaired) electrons. The Morgan fingerprint density at radius 1 is 1.13 bits per heavy atom. The highest BCUT2D eigenvalue weighted by Crippen LogP contribution is 2.47. The molecule has 1 saturated carbocycles. The highest BCUT2D eigenvalue weighted by Gasteiger charge is 2.52. The molecule has 1 saturated heterocycles. The Kier molecular flexibility index (Phi) is 6.30. The van der Waals surface area contributed by atoms with Gasteiger partial charge in [-0.1, -0.05) is 29.8 Å². The van der Waals surface area contributed by atoms with E-state index in [2.05, 4.69) is 20.4 Å². The molecule has 198 valence electrons. The first-order chi connectivity index (χ1) is 18.8. The van der Waals surface area contributed by atoms with E-state index in [1.165, 1.54) is 6.20 Å². The molecule has 0 spiro atoms. The van der Waals surface area contributed by atoms with E-state index in [1.807, 2.05) is 29.2 Å². The van der Waals surface area contributed by atoms with Crippen molar-refractivity contribution >= 4 is 34.8 Å². The average Bonchev–Trinajstić information content (AvgIpc) is 3.46. The molecule has 2 fully saturated rings. The molecular weight excluding hydrogens is 533 g/mol. The Bertz CT molecular complexity index is 1590. The third kappa shape index (κ3) is 4.85. The summed E-state index contributed by atoms with van der Waals surface area (Å²) in [6, 6.07) is 9.73. The second-order valence-corrected chi connectivity index (χ2v) is 9.92. The van der Waals surface area contributed by atoms with E-state index >= 15 is 0 Å².